The minimum Gasteiger partial charge on any atom is -0.409 e. The van der Waals surface area contributed by atoms with Gasteiger partial charge in [-0.3, -0.25) is 4.79 Å². The van der Waals surface area contributed by atoms with Crippen molar-refractivity contribution in [3.8, 4) is 0 Å². The van der Waals surface area contributed by atoms with Gasteiger partial charge in [-0.25, -0.2) is 0 Å². The Hall–Kier alpha value is -1.51. The van der Waals surface area contributed by atoms with Crippen molar-refractivity contribution in [3.05, 3.63) is 0 Å². The number of carbonyl (C=O) groups excluding carboxylic acids is 1. The van der Waals surface area contributed by atoms with E-state index in [0.29, 0.717) is 0 Å². The van der Waals surface area contributed by atoms with Gasteiger partial charge < -0.3 is 20.6 Å². The van der Waals surface area contributed by atoms with E-state index in [9.17, 15) is 18.0 Å². The molecule has 0 fully saturated rings. The lowest BCUT2D eigenvalue weighted by Crippen LogP contribution is -2.40. The highest BCUT2D eigenvalue weighted by Crippen LogP contribution is 2.14. The minimum absolute atomic E-state index is 0.0533. The van der Waals surface area contributed by atoms with Gasteiger partial charge >= 0.3 is 6.18 Å². The summed E-state index contributed by atoms with van der Waals surface area (Å²) in [5.74, 6) is -1.04. The smallest absolute Gasteiger partial charge is 0.409 e. The van der Waals surface area contributed by atoms with Gasteiger partial charge in [0, 0.05) is 19.0 Å². The van der Waals surface area contributed by atoms with Crippen molar-refractivity contribution in [2.45, 2.75) is 20.0 Å². The summed E-state index contributed by atoms with van der Waals surface area (Å²) in [4.78, 5) is 12.9. The van der Waals surface area contributed by atoms with Crippen molar-refractivity contribution in [1.82, 2.24) is 4.90 Å². The van der Waals surface area contributed by atoms with Crippen molar-refractivity contribution in [1.29, 1.82) is 0 Å². The molecule has 1 atom stereocenters. The first kappa shape index (κ1) is 17.5. The van der Waals surface area contributed by atoms with Crippen molar-refractivity contribution < 1.29 is 27.9 Å². The molecular weight excluding hydrogens is 267 g/mol. The first-order valence-corrected chi connectivity index (χ1v) is 5.61. The third-order valence-electron chi connectivity index (χ3n) is 2.34. The van der Waals surface area contributed by atoms with E-state index in [1.807, 2.05) is 0 Å². The highest BCUT2D eigenvalue weighted by molar-refractivity contribution is 5.83. The van der Waals surface area contributed by atoms with Gasteiger partial charge in [-0.1, -0.05) is 12.1 Å². The van der Waals surface area contributed by atoms with Crippen molar-refractivity contribution in [2.24, 2.45) is 16.8 Å². The van der Waals surface area contributed by atoms with Crippen LogP contribution >= 0.6 is 0 Å². The molecule has 3 N–H and O–H groups in total. The van der Waals surface area contributed by atoms with Crippen LogP contribution in [0.25, 0.3) is 0 Å². The van der Waals surface area contributed by atoms with E-state index >= 15 is 0 Å². The molecule has 0 aliphatic rings. The van der Waals surface area contributed by atoms with Crippen LogP contribution in [-0.4, -0.2) is 54.3 Å². The second kappa shape index (κ2) is 7.82. The normalized spacial score (nSPS) is 14.3. The molecule has 0 aromatic rings. The zero-order valence-electron chi connectivity index (χ0n) is 10.8. The van der Waals surface area contributed by atoms with E-state index in [4.69, 9.17) is 10.9 Å². The van der Waals surface area contributed by atoms with Crippen LogP contribution in [0.4, 0.5) is 13.2 Å². The molecule has 0 saturated heterocycles. The Morgan fingerprint density at radius 1 is 1.53 bits per heavy atom. The molecule has 19 heavy (non-hydrogen) atoms. The summed E-state index contributed by atoms with van der Waals surface area (Å²) in [5, 5.41) is 11.3. The first-order chi connectivity index (χ1) is 8.71. The number of amidine groups is 1. The number of nitrogens with two attached hydrogens (primary N) is 1. The van der Waals surface area contributed by atoms with Crippen LogP contribution in [0.15, 0.2) is 5.16 Å². The first-order valence-electron chi connectivity index (χ1n) is 5.61. The van der Waals surface area contributed by atoms with Crippen LogP contribution in [0.3, 0.4) is 0 Å². The topological polar surface area (TPSA) is 88.1 Å². The summed E-state index contributed by atoms with van der Waals surface area (Å²) in [6.45, 7) is 1.60. The summed E-state index contributed by atoms with van der Waals surface area (Å²) < 4.78 is 39.8. The predicted molar refractivity (Wildman–Crippen MR) is 61.7 cm³/mol. The Bertz CT molecular complexity index is 321. The highest BCUT2D eigenvalue weighted by Gasteiger charge is 2.28. The average Bonchev–Trinajstić information content (AvgIpc) is 2.32. The molecule has 0 aliphatic carbocycles. The molecule has 0 bridgehead atoms. The van der Waals surface area contributed by atoms with E-state index < -0.39 is 31.2 Å². The van der Waals surface area contributed by atoms with Crippen LogP contribution in [0.5, 0.6) is 0 Å². The van der Waals surface area contributed by atoms with Crippen molar-refractivity contribution in [3.63, 3.8) is 0 Å². The molecule has 0 rings (SSSR count). The van der Waals surface area contributed by atoms with Gasteiger partial charge in [0.25, 0.3) is 0 Å². The molecule has 0 aromatic heterocycles. The standard InChI is InChI=1S/C10H18F3N3O3/c1-3-16(4-7(2)9(14)15-18)8(17)5-19-6-10(11,12)13/h7,18H,3-6H2,1-2H3,(H2,14,15). The zero-order chi connectivity index (χ0) is 15.1. The zero-order valence-corrected chi connectivity index (χ0v) is 10.8. The van der Waals surface area contributed by atoms with Gasteiger partial charge in [0.15, 0.2) is 0 Å². The molecule has 1 unspecified atom stereocenters. The van der Waals surface area contributed by atoms with Crippen LogP contribution in [-0.2, 0) is 9.53 Å². The number of amides is 1. The second-order valence-electron chi connectivity index (χ2n) is 3.97. The molecule has 0 aromatic carbocycles. The largest absolute Gasteiger partial charge is 0.411 e. The Balaban J connectivity index is 4.26. The number of hydrogen-bond donors (Lipinski definition) is 2. The third kappa shape index (κ3) is 7.50. The van der Waals surface area contributed by atoms with E-state index in [1.54, 1.807) is 13.8 Å². The lowest BCUT2D eigenvalue weighted by Gasteiger charge is -2.24. The molecule has 0 saturated carbocycles. The van der Waals surface area contributed by atoms with Gasteiger partial charge in [0.2, 0.25) is 5.91 Å². The summed E-state index contributed by atoms with van der Waals surface area (Å²) in [7, 11) is 0. The molecule has 0 aliphatic heterocycles. The fourth-order valence-corrected chi connectivity index (χ4v) is 1.28. The number of likely N-dealkylation sites (N-methyl/N-ethyl adjacent to an activating group) is 1. The highest BCUT2D eigenvalue weighted by atomic mass is 19.4. The molecule has 1 amide bonds. The third-order valence-corrected chi connectivity index (χ3v) is 2.34. The maximum atomic E-state index is 11.8. The van der Waals surface area contributed by atoms with Crippen LogP contribution in [0, 0.1) is 5.92 Å². The summed E-state index contributed by atoms with van der Waals surface area (Å²) in [6.07, 6.45) is -4.46. The van der Waals surface area contributed by atoms with Crippen LogP contribution in [0.1, 0.15) is 13.8 Å². The molecule has 6 nitrogen and oxygen atoms in total. The Kier molecular flexibility index (Phi) is 7.20. The maximum absolute atomic E-state index is 11.8. The number of carbonyl (C=O) groups is 1. The molecule has 0 spiro atoms. The number of halogens is 3. The van der Waals surface area contributed by atoms with Gasteiger partial charge in [0.05, 0.1) is 0 Å². The molecule has 112 valence electrons. The minimum atomic E-state index is -4.46. The lowest BCUT2D eigenvalue weighted by molar-refractivity contribution is -0.177. The van der Waals surface area contributed by atoms with Gasteiger partial charge in [-0.15, -0.1) is 0 Å². The van der Waals surface area contributed by atoms with E-state index in [-0.39, 0.29) is 18.9 Å². The quantitative estimate of drug-likeness (QED) is 0.313. The number of rotatable bonds is 7. The Morgan fingerprint density at radius 3 is 2.53 bits per heavy atom. The monoisotopic (exact) mass is 285 g/mol. The predicted octanol–water partition coefficient (Wildman–Crippen LogP) is 0.796. The summed E-state index contributed by atoms with van der Waals surface area (Å²) in [6, 6.07) is 0. The molecule has 0 heterocycles. The fourth-order valence-electron chi connectivity index (χ4n) is 1.28. The van der Waals surface area contributed by atoms with Crippen molar-refractivity contribution >= 4 is 11.7 Å². The molecular formula is C10H18F3N3O3. The number of hydrogen-bond acceptors (Lipinski definition) is 4. The maximum Gasteiger partial charge on any atom is 0.411 e. The molecule has 9 heteroatoms. The van der Waals surface area contributed by atoms with Crippen LogP contribution < -0.4 is 5.73 Å². The van der Waals surface area contributed by atoms with E-state index in [0.717, 1.165) is 0 Å². The number of alkyl halides is 3. The Labute approximate surface area is 109 Å². The number of nitrogens with zero attached hydrogens (tertiary/aromatic N) is 2. The SMILES string of the molecule is CCN(CC(C)C(N)=NO)C(=O)COCC(F)(F)F. The lowest BCUT2D eigenvalue weighted by atomic mass is 10.1. The Morgan fingerprint density at radius 2 is 2.11 bits per heavy atom. The number of oxime groups is 1. The average molecular weight is 285 g/mol. The number of ether oxygens (including phenoxy) is 1. The summed E-state index contributed by atoms with van der Waals surface area (Å²) >= 11 is 0. The van der Waals surface area contributed by atoms with Gasteiger partial charge in [-0.05, 0) is 6.92 Å². The van der Waals surface area contributed by atoms with Crippen molar-refractivity contribution in [2.75, 3.05) is 26.3 Å². The fraction of sp³-hybridized carbons (Fsp3) is 0.800. The second-order valence-corrected chi connectivity index (χ2v) is 3.97. The van der Waals surface area contributed by atoms with Crippen LogP contribution in [0.2, 0.25) is 0 Å². The summed E-state index contributed by atoms with van der Waals surface area (Å²) in [5.41, 5.74) is 5.36. The van der Waals surface area contributed by atoms with Gasteiger partial charge in [0.1, 0.15) is 19.0 Å². The van der Waals surface area contributed by atoms with E-state index in [1.165, 1.54) is 4.90 Å². The van der Waals surface area contributed by atoms with E-state index in [2.05, 4.69) is 9.89 Å². The van der Waals surface area contributed by atoms with Gasteiger partial charge in [-0.2, -0.15) is 13.2 Å². The molecule has 0 radical (unpaired) electrons.